The van der Waals surface area contributed by atoms with Crippen molar-refractivity contribution in [1.29, 1.82) is 0 Å². The highest BCUT2D eigenvalue weighted by Gasteiger charge is 2.02. The van der Waals surface area contributed by atoms with Gasteiger partial charge in [-0.05, 0) is 31.0 Å². The maximum absolute atomic E-state index is 9.60. The van der Waals surface area contributed by atoms with Crippen LogP contribution >= 0.6 is 0 Å². The Hall–Kier alpha value is -1.44. The molecular formula is C15H22O2. The van der Waals surface area contributed by atoms with Gasteiger partial charge in [0.1, 0.15) is 11.5 Å². The van der Waals surface area contributed by atoms with Crippen LogP contribution in [0, 0.1) is 0 Å². The van der Waals surface area contributed by atoms with E-state index in [1.807, 2.05) is 12.1 Å². The van der Waals surface area contributed by atoms with Gasteiger partial charge in [0, 0.05) is 5.56 Å². The molecule has 0 aliphatic heterocycles. The Morgan fingerprint density at radius 2 is 2.12 bits per heavy atom. The topological polar surface area (TPSA) is 29.5 Å². The summed E-state index contributed by atoms with van der Waals surface area (Å²) in [6, 6.07) is 5.37. The molecule has 0 saturated carbocycles. The van der Waals surface area contributed by atoms with Crippen molar-refractivity contribution in [2.24, 2.45) is 0 Å². The van der Waals surface area contributed by atoms with E-state index in [0.717, 1.165) is 24.3 Å². The second-order valence-corrected chi connectivity index (χ2v) is 4.19. The predicted octanol–water partition coefficient (Wildman–Crippen LogP) is 4.08. The maximum atomic E-state index is 9.60. The van der Waals surface area contributed by atoms with Gasteiger partial charge in [0.2, 0.25) is 0 Å². The molecule has 1 rings (SSSR count). The van der Waals surface area contributed by atoms with E-state index in [2.05, 4.69) is 13.5 Å². The highest BCUT2D eigenvalue weighted by atomic mass is 16.5. The first-order valence-corrected chi connectivity index (χ1v) is 6.33. The fourth-order valence-electron chi connectivity index (χ4n) is 1.69. The molecular weight excluding hydrogens is 212 g/mol. The molecule has 0 saturated heterocycles. The van der Waals surface area contributed by atoms with Crippen LogP contribution in [0.5, 0.6) is 11.5 Å². The van der Waals surface area contributed by atoms with Crippen molar-refractivity contribution in [2.75, 3.05) is 6.61 Å². The fraction of sp³-hybridized carbons (Fsp3) is 0.467. The number of benzene rings is 1. The molecule has 2 nitrogen and oxygen atoms in total. The number of aromatic hydroxyl groups is 1. The lowest BCUT2D eigenvalue weighted by Gasteiger charge is -2.08. The molecule has 0 unspecified atom stereocenters. The van der Waals surface area contributed by atoms with Gasteiger partial charge in [-0.3, -0.25) is 0 Å². The smallest absolute Gasteiger partial charge is 0.119 e. The van der Waals surface area contributed by atoms with Crippen molar-refractivity contribution >= 4 is 0 Å². The van der Waals surface area contributed by atoms with E-state index in [9.17, 15) is 5.11 Å². The Bertz CT molecular complexity index is 345. The summed E-state index contributed by atoms with van der Waals surface area (Å²) in [6.07, 6.45) is 7.25. The standard InChI is InChI=1S/C15H22O2/c1-3-5-6-7-11-17-14-9-10-15(16)13(12-14)8-4-2/h4,9-10,12,16H,2-3,5-8,11H2,1H3. The minimum Gasteiger partial charge on any atom is -0.508 e. The summed E-state index contributed by atoms with van der Waals surface area (Å²) >= 11 is 0. The molecule has 0 heterocycles. The first-order chi connectivity index (χ1) is 8.27. The lowest BCUT2D eigenvalue weighted by atomic mass is 10.1. The number of allylic oxidation sites excluding steroid dienone is 1. The normalized spacial score (nSPS) is 10.2. The molecule has 1 aromatic carbocycles. The van der Waals surface area contributed by atoms with Gasteiger partial charge < -0.3 is 9.84 Å². The molecule has 0 atom stereocenters. The zero-order valence-corrected chi connectivity index (χ0v) is 10.6. The summed E-state index contributed by atoms with van der Waals surface area (Å²) in [5, 5.41) is 9.60. The number of phenolic OH excluding ortho intramolecular Hbond substituents is 1. The van der Waals surface area contributed by atoms with E-state index < -0.39 is 0 Å². The first kappa shape index (κ1) is 13.6. The molecule has 0 aliphatic carbocycles. The van der Waals surface area contributed by atoms with Crippen LogP contribution in [0.15, 0.2) is 30.9 Å². The summed E-state index contributed by atoms with van der Waals surface area (Å²) in [4.78, 5) is 0. The number of phenols is 1. The van der Waals surface area contributed by atoms with Crippen LogP contribution in [0.2, 0.25) is 0 Å². The summed E-state index contributed by atoms with van der Waals surface area (Å²) in [5.41, 5.74) is 0.867. The minimum atomic E-state index is 0.309. The van der Waals surface area contributed by atoms with Gasteiger partial charge >= 0.3 is 0 Å². The van der Waals surface area contributed by atoms with Crippen molar-refractivity contribution in [3.8, 4) is 11.5 Å². The summed E-state index contributed by atoms with van der Waals surface area (Å²) in [5.74, 6) is 1.14. The average Bonchev–Trinajstić information content (AvgIpc) is 2.33. The number of hydrogen-bond acceptors (Lipinski definition) is 2. The molecule has 0 amide bonds. The molecule has 0 aromatic heterocycles. The van der Waals surface area contributed by atoms with Crippen LogP contribution in [0.25, 0.3) is 0 Å². The second-order valence-electron chi connectivity index (χ2n) is 4.19. The zero-order chi connectivity index (χ0) is 12.5. The van der Waals surface area contributed by atoms with E-state index in [1.54, 1.807) is 12.1 Å². The Labute approximate surface area is 104 Å². The maximum Gasteiger partial charge on any atom is 0.119 e. The monoisotopic (exact) mass is 234 g/mol. The SMILES string of the molecule is C=CCc1cc(OCCCCCC)ccc1O. The summed E-state index contributed by atoms with van der Waals surface area (Å²) < 4.78 is 5.65. The molecule has 0 fully saturated rings. The quantitative estimate of drug-likeness (QED) is 0.542. The van der Waals surface area contributed by atoms with Gasteiger partial charge in [0.25, 0.3) is 0 Å². The Balaban J connectivity index is 2.42. The van der Waals surface area contributed by atoms with Gasteiger partial charge in [-0.15, -0.1) is 6.58 Å². The van der Waals surface area contributed by atoms with Crippen LogP contribution in [-0.4, -0.2) is 11.7 Å². The summed E-state index contributed by atoms with van der Waals surface area (Å²) in [7, 11) is 0. The number of hydrogen-bond donors (Lipinski definition) is 1. The molecule has 2 heteroatoms. The van der Waals surface area contributed by atoms with E-state index in [1.165, 1.54) is 19.3 Å². The van der Waals surface area contributed by atoms with E-state index in [-0.39, 0.29) is 0 Å². The number of rotatable bonds is 8. The molecule has 0 aliphatic rings. The number of unbranched alkanes of at least 4 members (excludes halogenated alkanes) is 3. The second kappa shape index (κ2) is 7.77. The van der Waals surface area contributed by atoms with Crippen molar-refractivity contribution in [3.63, 3.8) is 0 Å². The van der Waals surface area contributed by atoms with Crippen LogP contribution in [0.4, 0.5) is 0 Å². The van der Waals surface area contributed by atoms with Crippen molar-refractivity contribution in [1.82, 2.24) is 0 Å². The van der Waals surface area contributed by atoms with Crippen LogP contribution in [-0.2, 0) is 6.42 Å². The zero-order valence-electron chi connectivity index (χ0n) is 10.6. The van der Waals surface area contributed by atoms with Crippen LogP contribution < -0.4 is 4.74 Å². The molecule has 0 bridgehead atoms. The van der Waals surface area contributed by atoms with Gasteiger partial charge in [-0.1, -0.05) is 32.3 Å². The van der Waals surface area contributed by atoms with Crippen molar-refractivity contribution < 1.29 is 9.84 Å². The van der Waals surface area contributed by atoms with Crippen LogP contribution in [0.1, 0.15) is 38.2 Å². The van der Waals surface area contributed by atoms with E-state index in [0.29, 0.717) is 12.2 Å². The van der Waals surface area contributed by atoms with Gasteiger partial charge in [0.15, 0.2) is 0 Å². The van der Waals surface area contributed by atoms with Gasteiger partial charge in [-0.25, -0.2) is 0 Å². The first-order valence-electron chi connectivity index (χ1n) is 6.33. The van der Waals surface area contributed by atoms with E-state index in [4.69, 9.17) is 4.74 Å². The van der Waals surface area contributed by atoms with Crippen molar-refractivity contribution in [3.05, 3.63) is 36.4 Å². The van der Waals surface area contributed by atoms with E-state index >= 15 is 0 Å². The predicted molar refractivity (Wildman–Crippen MR) is 71.6 cm³/mol. The molecule has 0 radical (unpaired) electrons. The van der Waals surface area contributed by atoms with Crippen molar-refractivity contribution in [2.45, 2.75) is 39.0 Å². The third kappa shape index (κ3) is 4.94. The third-order valence-corrected chi connectivity index (χ3v) is 2.68. The third-order valence-electron chi connectivity index (χ3n) is 2.68. The minimum absolute atomic E-state index is 0.309. The largest absolute Gasteiger partial charge is 0.508 e. The lowest BCUT2D eigenvalue weighted by Crippen LogP contribution is -1.97. The number of ether oxygens (including phenoxy) is 1. The van der Waals surface area contributed by atoms with Crippen LogP contribution in [0.3, 0.4) is 0 Å². The molecule has 94 valence electrons. The Morgan fingerprint density at radius 3 is 2.82 bits per heavy atom. The van der Waals surface area contributed by atoms with Gasteiger partial charge in [-0.2, -0.15) is 0 Å². The molecule has 1 aromatic rings. The Morgan fingerprint density at radius 1 is 1.29 bits per heavy atom. The molecule has 17 heavy (non-hydrogen) atoms. The fourth-order valence-corrected chi connectivity index (χ4v) is 1.69. The summed E-state index contributed by atoms with van der Waals surface area (Å²) in [6.45, 7) is 6.62. The molecule has 1 N–H and O–H groups in total. The highest BCUT2D eigenvalue weighted by Crippen LogP contribution is 2.23. The van der Waals surface area contributed by atoms with Gasteiger partial charge in [0.05, 0.1) is 6.61 Å². The average molecular weight is 234 g/mol. The highest BCUT2D eigenvalue weighted by molar-refractivity contribution is 5.40. The lowest BCUT2D eigenvalue weighted by molar-refractivity contribution is 0.304. The molecule has 0 spiro atoms. The Kier molecular flexibility index (Phi) is 6.23.